The van der Waals surface area contributed by atoms with Crippen LogP contribution in [0.1, 0.15) is 11.1 Å². The number of aliphatic hydroxyl groups is 1. The highest BCUT2D eigenvalue weighted by Gasteiger charge is 2.26. The molecular formula is C16H14FNO3. The van der Waals surface area contributed by atoms with Gasteiger partial charge < -0.3 is 14.7 Å². The van der Waals surface area contributed by atoms with E-state index in [2.05, 4.69) is 0 Å². The maximum Gasteiger partial charge on any atom is 0.265 e. The van der Waals surface area contributed by atoms with Crippen molar-refractivity contribution in [3.63, 3.8) is 0 Å². The maximum atomic E-state index is 13.8. The summed E-state index contributed by atoms with van der Waals surface area (Å²) in [7, 11) is 0. The van der Waals surface area contributed by atoms with Gasteiger partial charge in [0.15, 0.2) is 6.61 Å². The number of rotatable bonds is 3. The number of ether oxygens (including phenoxy) is 1. The molecule has 2 aromatic carbocycles. The fourth-order valence-corrected chi connectivity index (χ4v) is 2.32. The van der Waals surface area contributed by atoms with E-state index in [4.69, 9.17) is 9.84 Å². The van der Waals surface area contributed by atoms with E-state index in [9.17, 15) is 9.18 Å². The topological polar surface area (TPSA) is 49.8 Å². The third-order valence-electron chi connectivity index (χ3n) is 3.44. The van der Waals surface area contributed by atoms with E-state index in [1.807, 2.05) is 0 Å². The summed E-state index contributed by atoms with van der Waals surface area (Å²) in [5.74, 6) is -0.0367. The molecule has 5 heteroatoms. The summed E-state index contributed by atoms with van der Waals surface area (Å²) in [6.45, 7) is -0.0332. The van der Waals surface area contributed by atoms with E-state index < -0.39 is 0 Å². The molecule has 0 unspecified atom stereocenters. The van der Waals surface area contributed by atoms with Crippen LogP contribution in [0.5, 0.6) is 5.75 Å². The number of nitrogens with zero attached hydrogens (tertiary/aromatic N) is 1. The van der Waals surface area contributed by atoms with Crippen molar-refractivity contribution in [2.24, 2.45) is 0 Å². The summed E-state index contributed by atoms with van der Waals surface area (Å²) in [6.07, 6.45) is 0. The molecule has 1 amide bonds. The van der Waals surface area contributed by atoms with Gasteiger partial charge in [-0.3, -0.25) is 4.79 Å². The van der Waals surface area contributed by atoms with E-state index >= 15 is 0 Å². The number of fused-ring (bicyclic) bond motifs is 1. The number of carbonyl (C=O) groups is 1. The Labute approximate surface area is 121 Å². The molecule has 1 aliphatic rings. The van der Waals surface area contributed by atoms with Crippen LogP contribution in [0.3, 0.4) is 0 Å². The van der Waals surface area contributed by atoms with Gasteiger partial charge >= 0.3 is 0 Å². The minimum Gasteiger partial charge on any atom is -0.482 e. The van der Waals surface area contributed by atoms with Crippen LogP contribution < -0.4 is 9.64 Å². The first-order chi connectivity index (χ1) is 10.2. The average Bonchev–Trinajstić information content (AvgIpc) is 2.51. The number of amides is 1. The molecule has 4 nitrogen and oxygen atoms in total. The molecule has 1 heterocycles. The summed E-state index contributed by atoms with van der Waals surface area (Å²) in [5.41, 5.74) is 1.74. The van der Waals surface area contributed by atoms with Crippen LogP contribution in [0.4, 0.5) is 10.1 Å². The average molecular weight is 287 g/mol. The van der Waals surface area contributed by atoms with E-state index in [1.165, 1.54) is 11.0 Å². The second-order valence-corrected chi connectivity index (χ2v) is 4.82. The Morgan fingerprint density at radius 2 is 2.05 bits per heavy atom. The fourth-order valence-electron chi connectivity index (χ4n) is 2.32. The molecule has 0 fully saturated rings. The predicted molar refractivity (Wildman–Crippen MR) is 75.4 cm³/mol. The number of carbonyl (C=O) groups excluding carboxylic acids is 1. The van der Waals surface area contributed by atoms with Gasteiger partial charge in [-0.05, 0) is 23.8 Å². The van der Waals surface area contributed by atoms with Crippen molar-refractivity contribution < 1.29 is 19.0 Å². The van der Waals surface area contributed by atoms with Crippen LogP contribution in [-0.4, -0.2) is 17.6 Å². The second kappa shape index (κ2) is 5.54. The zero-order valence-electron chi connectivity index (χ0n) is 11.3. The summed E-state index contributed by atoms with van der Waals surface area (Å²) in [6, 6.07) is 11.5. The number of anilines is 1. The summed E-state index contributed by atoms with van der Waals surface area (Å²) >= 11 is 0. The molecule has 0 saturated carbocycles. The molecule has 1 N–H and O–H groups in total. The first-order valence-electron chi connectivity index (χ1n) is 6.59. The highest BCUT2D eigenvalue weighted by atomic mass is 19.1. The Balaban J connectivity index is 1.96. The predicted octanol–water partition coefficient (Wildman–Crippen LogP) is 2.24. The summed E-state index contributed by atoms with van der Waals surface area (Å²) < 4.78 is 19.1. The standard InChI is InChI=1S/C16H14FNO3/c17-13-4-2-1-3-12(13)8-18-14-6-5-11(9-19)7-15(14)21-10-16(18)20/h1-7,19H,8-10H2. The maximum absolute atomic E-state index is 13.8. The van der Waals surface area contributed by atoms with Gasteiger partial charge in [0.25, 0.3) is 5.91 Å². The molecule has 0 radical (unpaired) electrons. The minimum absolute atomic E-state index is 0.0870. The van der Waals surface area contributed by atoms with Gasteiger partial charge in [-0.25, -0.2) is 4.39 Å². The Bertz CT molecular complexity index is 687. The monoisotopic (exact) mass is 287 g/mol. The first-order valence-corrected chi connectivity index (χ1v) is 6.59. The normalized spacial score (nSPS) is 13.8. The number of hydrogen-bond acceptors (Lipinski definition) is 3. The highest BCUT2D eigenvalue weighted by Crippen LogP contribution is 2.34. The van der Waals surface area contributed by atoms with Crippen molar-refractivity contribution in [1.82, 2.24) is 0 Å². The fraction of sp³-hybridized carbons (Fsp3) is 0.188. The SMILES string of the molecule is O=C1COc2cc(CO)ccc2N1Cc1ccccc1F. The number of aliphatic hydroxyl groups excluding tert-OH is 1. The highest BCUT2D eigenvalue weighted by molar-refractivity contribution is 5.97. The minimum atomic E-state index is -0.342. The van der Waals surface area contributed by atoms with E-state index in [0.717, 1.165) is 0 Å². The van der Waals surface area contributed by atoms with Crippen molar-refractivity contribution in [2.45, 2.75) is 13.2 Å². The van der Waals surface area contributed by atoms with Gasteiger partial charge in [0.1, 0.15) is 11.6 Å². The number of halogens is 1. The number of hydrogen-bond donors (Lipinski definition) is 1. The lowest BCUT2D eigenvalue weighted by molar-refractivity contribution is -0.121. The van der Waals surface area contributed by atoms with Crippen LogP contribution >= 0.6 is 0 Å². The zero-order chi connectivity index (χ0) is 14.8. The van der Waals surface area contributed by atoms with Gasteiger partial charge in [0, 0.05) is 5.56 Å². The molecule has 3 rings (SSSR count). The Morgan fingerprint density at radius 3 is 2.81 bits per heavy atom. The third kappa shape index (κ3) is 2.60. The van der Waals surface area contributed by atoms with Gasteiger partial charge in [0.2, 0.25) is 0 Å². The molecule has 0 aromatic heterocycles. The summed E-state index contributed by atoms with van der Waals surface area (Å²) in [5, 5.41) is 9.14. The van der Waals surface area contributed by atoms with Crippen LogP contribution in [0.15, 0.2) is 42.5 Å². The van der Waals surface area contributed by atoms with E-state index in [0.29, 0.717) is 22.6 Å². The molecule has 0 atom stereocenters. The van der Waals surface area contributed by atoms with Crippen molar-refractivity contribution in [2.75, 3.05) is 11.5 Å². The van der Waals surface area contributed by atoms with Crippen LogP contribution in [-0.2, 0) is 17.9 Å². The Morgan fingerprint density at radius 1 is 1.24 bits per heavy atom. The van der Waals surface area contributed by atoms with Crippen LogP contribution in [0.2, 0.25) is 0 Å². The second-order valence-electron chi connectivity index (χ2n) is 4.82. The molecule has 0 aliphatic carbocycles. The Kier molecular flexibility index (Phi) is 3.58. The molecule has 0 spiro atoms. The largest absolute Gasteiger partial charge is 0.482 e. The quantitative estimate of drug-likeness (QED) is 0.942. The lowest BCUT2D eigenvalue weighted by Crippen LogP contribution is -2.38. The van der Waals surface area contributed by atoms with Crippen molar-refractivity contribution in [3.8, 4) is 5.75 Å². The molecule has 1 aliphatic heterocycles. The molecule has 2 aromatic rings. The Hall–Kier alpha value is -2.40. The molecule has 108 valence electrons. The van der Waals surface area contributed by atoms with Gasteiger partial charge in [-0.1, -0.05) is 24.3 Å². The van der Waals surface area contributed by atoms with Crippen molar-refractivity contribution in [1.29, 1.82) is 0 Å². The van der Waals surface area contributed by atoms with E-state index in [1.54, 1.807) is 36.4 Å². The first kappa shape index (κ1) is 13.6. The molecular weight excluding hydrogens is 273 g/mol. The zero-order valence-corrected chi connectivity index (χ0v) is 11.3. The van der Waals surface area contributed by atoms with Gasteiger partial charge in [0.05, 0.1) is 18.8 Å². The van der Waals surface area contributed by atoms with Gasteiger partial charge in [-0.2, -0.15) is 0 Å². The van der Waals surface area contributed by atoms with Crippen molar-refractivity contribution in [3.05, 3.63) is 59.4 Å². The molecule has 0 bridgehead atoms. The lowest BCUT2D eigenvalue weighted by Gasteiger charge is -2.29. The third-order valence-corrected chi connectivity index (χ3v) is 3.44. The van der Waals surface area contributed by atoms with Crippen LogP contribution in [0.25, 0.3) is 0 Å². The summed E-state index contributed by atoms with van der Waals surface area (Å²) in [4.78, 5) is 13.6. The molecule has 21 heavy (non-hydrogen) atoms. The van der Waals surface area contributed by atoms with Gasteiger partial charge in [-0.15, -0.1) is 0 Å². The van der Waals surface area contributed by atoms with E-state index in [-0.39, 0.29) is 31.5 Å². The van der Waals surface area contributed by atoms with Crippen molar-refractivity contribution >= 4 is 11.6 Å². The van der Waals surface area contributed by atoms with Crippen LogP contribution in [0, 0.1) is 5.82 Å². The smallest absolute Gasteiger partial charge is 0.265 e. The lowest BCUT2D eigenvalue weighted by atomic mass is 10.1. The molecule has 0 saturated heterocycles. The number of benzene rings is 2.